The summed E-state index contributed by atoms with van der Waals surface area (Å²) in [5.74, 6) is 1.50. The predicted molar refractivity (Wildman–Crippen MR) is 63.0 cm³/mol. The maximum Gasteiger partial charge on any atom is 0.149 e. The Balaban J connectivity index is 0.000000531. The van der Waals surface area contributed by atoms with Crippen LogP contribution in [0, 0.1) is 20.8 Å². The summed E-state index contributed by atoms with van der Waals surface area (Å²) in [5, 5.41) is 0. The molecule has 0 saturated heterocycles. The Morgan fingerprint density at radius 1 is 1.13 bits per heavy atom. The van der Waals surface area contributed by atoms with E-state index in [0.29, 0.717) is 5.82 Å². The molecule has 82 valence electrons. The van der Waals surface area contributed by atoms with Crippen molar-refractivity contribution in [2.24, 2.45) is 0 Å². The van der Waals surface area contributed by atoms with Crippen molar-refractivity contribution in [2.45, 2.75) is 34.6 Å². The fourth-order valence-electron chi connectivity index (χ4n) is 1.61. The summed E-state index contributed by atoms with van der Waals surface area (Å²) in [6, 6.07) is 0. The molecule has 0 aliphatic carbocycles. The van der Waals surface area contributed by atoms with Crippen LogP contribution in [0.1, 0.15) is 31.1 Å². The quantitative estimate of drug-likeness (QED) is 0.719. The van der Waals surface area contributed by atoms with Gasteiger partial charge in [-0.05, 0) is 20.8 Å². The largest absolute Gasteiger partial charge is 0.382 e. The highest BCUT2D eigenvalue weighted by molar-refractivity contribution is 5.69. The van der Waals surface area contributed by atoms with Gasteiger partial charge in [0.15, 0.2) is 0 Å². The molecule has 0 aliphatic heterocycles. The minimum absolute atomic E-state index is 0.554. The van der Waals surface area contributed by atoms with E-state index in [1.807, 2.05) is 45.2 Å². The van der Waals surface area contributed by atoms with Crippen LogP contribution < -0.4 is 5.73 Å². The zero-order chi connectivity index (χ0) is 11.6. The van der Waals surface area contributed by atoms with Gasteiger partial charge in [0.2, 0.25) is 0 Å². The molecule has 0 fully saturated rings. The van der Waals surface area contributed by atoms with Crippen molar-refractivity contribution in [3.63, 3.8) is 0 Å². The molecule has 0 spiro atoms. The van der Waals surface area contributed by atoms with Crippen LogP contribution in [0.15, 0.2) is 6.20 Å². The molecule has 2 heterocycles. The van der Waals surface area contributed by atoms with Gasteiger partial charge in [0.25, 0.3) is 0 Å². The van der Waals surface area contributed by atoms with E-state index in [1.54, 1.807) is 0 Å². The first-order chi connectivity index (χ1) is 7.09. The monoisotopic (exact) mass is 206 g/mol. The summed E-state index contributed by atoms with van der Waals surface area (Å²) >= 11 is 0. The molecule has 2 aromatic rings. The molecule has 4 nitrogen and oxygen atoms in total. The second-order valence-electron chi connectivity index (χ2n) is 3.23. The van der Waals surface area contributed by atoms with Crippen molar-refractivity contribution in [2.75, 3.05) is 5.73 Å². The minimum Gasteiger partial charge on any atom is -0.382 e. The molecule has 0 bridgehead atoms. The van der Waals surface area contributed by atoms with Crippen LogP contribution >= 0.6 is 0 Å². The lowest BCUT2D eigenvalue weighted by Gasteiger charge is -2.01. The van der Waals surface area contributed by atoms with Crippen molar-refractivity contribution in [1.82, 2.24) is 14.4 Å². The van der Waals surface area contributed by atoms with Gasteiger partial charge >= 0.3 is 0 Å². The van der Waals surface area contributed by atoms with Gasteiger partial charge in [-0.2, -0.15) is 0 Å². The molecule has 0 radical (unpaired) electrons. The molecule has 0 amide bonds. The van der Waals surface area contributed by atoms with Crippen molar-refractivity contribution < 1.29 is 0 Å². The first kappa shape index (κ1) is 11.5. The van der Waals surface area contributed by atoms with E-state index in [0.717, 1.165) is 22.7 Å². The smallest absolute Gasteiger partial charge is 0.149 e. The predicted octanol–water partition coefficient (Wildman–Crippen LogP) is 2.26. The first-order valence-corrected chi connectivity index (χ1v) is 5.18. The highest BCUT2D eigenvalue weighted by Gasteiger charge is 2.08. The van der Waals surface area contributed by atoms with Gasteiger partial charge in [0, 0.05) is 6.20 Å². The third-order valence-electron chi connectivity index (χ3n) is 2.12. The zero-order valence-electron chi connectivity index (χ0n) is 10.00. The number of fused-ring (bicyclic) bond motifs is 1. The average Bonchev–Trinajstić information content (AvgIpc) is 2.45. The SMILES string of the molecule is CC.Cc1cn2c(C)nc(C)c2c(N)n1. The Bertz CT molecular complexity index is 471. The summed E-state index contributed by atoms with van der Waals surface area (Å²) < 4.78 is 1.98. The Morgan fingerprint density at radius 2 is 1.73 bits per heavy atom. The fourth-order valence-corrected chi connectivity index (χ4v) is 1.61. The molecule has 2 aromatic heterocycles. The van der Waals surface area contributed by atoms with Gasteiger partial charge < -0.3 is 5.73 Å². The Kier molecular flexibility index (Phi) is 3.29. The number of hydrogen-bond donors (Lipinski definition) is 1. The highest BCUT2D eigenvalue weighted by atomic mass is 15.1. The summed E-state index contributed by atoms with van der Waals surface area (Å²) in [7, 11) is 0. The standard InChI is InChI=1S/C9H12N4.C2H6/c1-5-4-13-7(3)12-6(2)8(13)9(10)11-5;1-2/h4H,1-3H3,(H2,10,11);1-2H3. The van der Waals surface area contributed by atoms with Crippen molar-refractivity contribution >= 4 is 11.3 Å². The molecule has 0 saturated carbocycles. The van der Waals surface area contributed by atoms with Gasteiger partial charge in [-0.3, -0.25) is 4.40 Å². The van der Waals surface area contributed by atoms with Crippen LogP contribution in [0.5, 0.6) is 0 Å². The lowest BCUT2D eigenvalue weighted by Crippen LogP contribution is -1.99. The van der Waals surface area contributed by atoms with E-state index in [2.05, 4.69) is 9.97 Å². The van der Waals surface area contributed by atoms with Crippen molar-refractivity contribution in [1.29, 1.82) is 0 Å². The van der Waals surface area contributed by atoms with E-state index in [-0.39, 0.29) is 0 Å². The molecule has 0 aliphatic rings. The molecule has 15 heavy (non-hydrogen) atoms. The molecular formula is C11H18N4. The number of hydrogen-bond acceptors (Lipinski definition) is 3. The summed E-state index contributed by atoms with van der Waals surface area (Å²) in [5.41, 5.74) is 8.56. The molecule has 0 unspecified atom stereocenters. The van der Waals surface area contributed by atoms with Crippen molar-refractivity contribution in [3.05, 3.63) is 23.4 Å². The summed E-state index contributed by atoms with van der Waals surface area (Å²) in [4.78, 5) is 8.53. The number of aryl methyl sites for hydroxylation is 3. The van der Waals surface area contributed by atoms with Crippen LogP contribution in [0.3, 0.4) is 0 Å². The van der Waals surface area contributed by atoms with E-state index in [9.17, 15) is 0 Å². The molecule has 2 rings (SSSR count). The average molecular weight is 206 g/mol. The number of aromatic nitrogens is 3. The number of imidazole rings is 1. The first-order valence-electron chi connectivity index (χ1n) is 5.18. The van der Waals surface area contributed by atoms with Gasteiger partial charge in [0.1, 0.15) is 17.2 Å². The second-order valence-corrected chi connectivity index (χ2v) is 3.23. The Labute approximate surface area is 90.2 Å². The second kappa shape index (κ2) is 4.29. The van der Waals surface area contributed by atoms with Crippen LogP contribution in [0.25, 0.3) is 5.52 Å². The third-order valence-corrected chi connectivity index (χ3v) is 2.12. The molecular weight excluding hydrogens is 188 g/mol. The summed E-state index contributed by atoms with van der Waals surface area (Å²) in [6.45, 7) is 9.82. The number of rotatable bonds is 0. The van der Waals surface area contributed by atoms with Gasteiger partial charge in [-0.25, -0.2) is 9.97 Å². The Hall–Kier alpha value is -1.58. The maximum atomic E-state index is 5.80. The lowest BCUT2D eigenvalue weighted by atomic mass is 10.4. The zero-order valence-corrected chi connectivity index (χ0v) is 10.00. The highest BCUT2D eigenvalue weighted by Crippen LogP contribution is 2.17. The lowest BCUT2D eigenvalue weighted by molar-refractivity contribution is 1.00. The Morgan fingerprint density at radius 3 is 2.33 bits per heavy atom. The molecule has 0 atom stereocenters. The van der Waals surface area contributed by atoms with Gasteiger partial charge in [-0.1, -0.05) is 13.8 Å². The number of anilines is 1. The van der Waals surface area contributed by atoms with Crippen LogP contribution in [0.4, 0.5) is 5.82 Å². The minimum atomic E-state index is 0.554. The van der Waals surface area contributed by atoms with E-state index >= 15 is 0 Å². The van der Waals surface area contributed by atoms with Gasteiger partial charge in [0.05, 0.1) is 11.4 Å². The molecule has 4 heteroatoms. The topological polar surface area (TPSA) is 56.2 Å². The van der Waals surface area contributed by atoms with Crippen LogP contribution in [-0.2, 0) is 0 Å². The van der Waals surface area contributed by atoms with E-state index < -0.39 is 0 Å². The fraction of sp³-hybridized carbons (Fsp3) is 0.455. The summed E-state index contributed by atoms with van der Waals surface area (Å²) in [6.07, 6.45) is 1.95. The van der Waals surface area contributed by atoms with E-state index in [4.69, 9.17) is 5.73 Å². The maximum absolute atomic E-state index is 5.80. The number of nitrogen functional groups attached to an aromatic ring is 1. The third kappa shape index (κ3) is 1.93. The normalized spacial score (nSPS) is 9.93. The van der Waals surface area contributed by atoms with E-state index in [1.165, 1.54) is 0 Å². The molecule has 2 N–H and O–H groups in total. The number of nitrogens with zero attached hydrogens (tertiary/aromatic N) is 3. The molecule has 0 aromatic carbocycles. The van der Waals surface area contributed by atoms with Gasteiger partial charge in [-0.15, -0.1) is 0 Å². The van der Waals surface area contributed by atoms with Crippen LogP contribution in [-0.4, -0.2) is 14.4 Å². The number of nitrogens with two attached hydrogens (primary N) is 1. The van der Waals surface area contributed by atoms with Crippen molar-refractivity contribution in [3.8, 4) is 0 Å². The van der Waals surface area contributed by atoms with Crippen LogP contribution in [0.2, 0.25) is 0 Å².